The van der Waals surface area contributed by atoms with Crippen LogP contribution in [-0.2, 0) is 13.1 Å². The lowest BCUT2D eigenvalue weighted by atomic mass is 10.2. The topological polar surface area (TPSA) is 100 Å². The summed E-state index contributed by atoms with van der Waals surface area (Å²) in [6.07, 6.45) is 2.06. The fourth-order valence-corrected chi connectivity index (χ4v) is 2.30. The summed E-state index contributed by atoms with van der Waals surface area (Å²) in [7, 11) is 3.74. The van der Waals surface area contributed by atoms with Crippen molar-refractivity contribution in [3.63, 3.8) is 0 Å². The number of pyridine rings is 1. The quantitative estimate of drug-likeness (QED) is 0.424. The molecule has 0 saturated heterocycles. The molecule has 0 amide bonds. The largest absolute Gasteiger partial charge is 0.394 e. The molecule has 126 valence electrons. The molecule has 0 aliphatic heterocycles. The van der Waals surface area contributed by atoms with E-state index in [1.165, 1.54) is 0 Å². The molecule has 1 rings (SSSR count). The van der Waals surface area contributed by atoms with Gasteiger partial charge in [-0.3, -0.25) is 14.8 Å². The van der Waals surface area contributed by atoms with Crippen LogP contribution in [-0.4, -0.2) is 87.8 Å². The van der Waals surface area contributed by atoms with Crippen molar-refractivity contribution in [3.8, 4) is 0 Å². The monoisotopic (exact) mass is 313 g/mol. The van der Waals surface area contributed by atoms with Gasteiger partial charge in [0.25, 0.3) is 0 Å². The maximum absolute atomic E-state index is 9.43. The van der Waals surface area contributed by atoms with Crippen molar-refractivity contribution >= 4 is 0 Å². The smallest absolute Gasteiger partial charge is 0.0897 e. The second kappa shape index (κ2) is 9.83. The Balaban J connectivity index is 2.54. The SMILES string of the molecule is CN(Cc1cncc(CN(C)CC(O)CO)c1)CC(O)CO. The average Bonchev–Trinajstić information content (AvgIpc) is 2.46. The van der Waals surface area contributed by atoms with Crippen molar-refractivity contribution in [3.05, 3.63) is 29.6 Å². The van der Waals surface area contributed by atoms with Crippen LogP contribution >= 0.6 is 0 Å². The second-order valence-corrected chi connectivity index (χ2v) is 5.77. The Kier molecular flexibility index (Phi) is 8.47. The molecule has 4 N–H and O–H groups in total. The van der Waals surface area contributed by atoms with E-state index in [0.29, 0.717) is 26.2 Å². The summed E-state index contributed by atoms with van der Waals surface area (Å²) < 4.78 is 0. The molecule has 7 heteroatoms. The summed E-state index contributed by atoms with van der Waals surface area (Å²) in [5.74, 6) is 0. The highest BCUT2D eigenvalue weighted by Gasteiger charge is 2.10. The third-order valence-electron chi connectivity index (χ3n) is 3.22. The fraction of sp³-hybridized carbons (Fsp3) is 0.667. The van der Waals surface area contributed by atoms with Gasteiger partial charge < -0.3 is 20.4 Å². The molecule has 0 aliphatic rings. The molecular weight excluding hydrogens is 286 g/mol. The van der Waals surface area contributed by atoms with E-state index in [2.05, 4.69) is 4.98 Å². The molecule has 0 bridgehead atoms. The van der Waals surface area contributed by atoms with Crippen molar-refractivity contribution in [2.45, 2.75) is 25.3 Å². The standard InChI is InChI=1S/C15H27N3O4/c1-17(8-14(21)10-19)6-12-3-13(5-16-4-12)7-18(2)9-15(22)11-20/h3-5,14-15,19-22H,6-11H2,1-2H3. The van der Waals surface area contributed by atoms with Gasteiger partial charge in [-0.15, -0.1) is 0 Å². The summed E-state index contributed by atoms with van der Waals surface area (Å²) in [6, 6.07) is 2.02. The van der Waals surface area contributed by atoms with Gasteiger partial charge in [0.05, 0.1) is 25.4 Å². The van der Waals surface area contributed by atoms with Gasteiger partial charge in [0.1, 0.15) is 0 Å². The Labute approximate surface area is 131 Å². The minimum Gasteiger partial charge on any atom is -0.394 e. The van der Waals surface area contributed by atoms with E-state index in [4.69, 9.17) is 10.2 Å². The Hall–Kier alpha value is -1.09. The number of hydrogen-bond donors (Lipinski definition) is 4. The highest BCUT2D eigenvalue weighted by atomic mass is 16.3. The van der Waals surface area contributed by atoms with Gasteiger partial charge in [0.2, 0.25) is 0 Å². The molecule has 2 atom stereocenters. The number of nitrogens with zero attached hydrogens (tertiary/aromatic N) is 3. The van der Waals surface area contributed by atoms with Gasteiger partial charge in [-0.05, 0) is 25.2 Å². The van der Waals surface area contributed by atoms with Gasteiger partial charge in [0, 0.05) is 38.6 Å². The second-order valence-electron chi connectivity index (χ2n) is 5.77. The van der Waals surface area contributed by atoms with Crippen LogP contribution in [0.2, 0.25) is 0 Å². The van der Waals surface area contributed by atoms with Gasteiger partial charge in [-0.1, -0.05) is 6.07 Å². The first-order valence-corrected chi connectivity index (χ1v) is 7.32. The van der Waals surface area contributed by atoms with Gasteiger partial charge in [0.15, 0.2) is 0 Å². The summed E-state index contributed by atoms with van der Waals surface area (Å²) in [5.41, 5.74) is 2.03. The van der Waals surface area contributed by atoms with E-state index in [9.17, 15) is 10.2 Å². The zero-order chi connectivity index (χ0) is 16.5. The number of rotatable bonds is 10. The summed E-state index contributed by atoms with van der Waals surface area (Å²) in [4.78, 5) is 8.05. The predicted molar refractivity (Wildman–Crippen MR) is 83.1 cm³/mol. The predicted octanol–water partition coefficient (Wildman–Crippen LogP) is -1.35. The Morgan fingerprint density at radius 1 is 0.909 bits per heavy atom. The normalized spacial score (nSPS) is 14.5. The molecule has 7 nitrogen and oxygen atoms in total. The van der Waals surface area contributed by atoms with Crippen LogP contribution in [0.1, 0.15) is 11.1 Å². The Morgan fingerprint density at radius 2 is 1.32 bits per heavy atom. The number of aliphatic hydroxyl groups excluding tert-OH is 4. The number of hydrogen-bond acceptors (Lipinski definition) is 7. The van der Waals surface area contributed by atoms with E-state index in [1.54, 1.807) is 12.4 Å². The third kappa shape index (κ3) is 7.26. The molecule has 0 aliphatic carbocycles. The van der Waals surface area contributed by atoms with E-state index in [1.807, 2.05) is 30.0 Å². The van der Waals surface area contributed by atoms with Crippen LogP contribution in [0, 0.1) is 0 Å². The minimum atomic E-state index is -0.743. The van der Waals surface area contributed by atoms with Gasteiger partial charge >= 0.3 is 0 Å². The van der Waals surface area contributed by atoms with Gasteiger partial charge in [-0.2, -0.15) is 0 Å². The van der Waals surface area contributed by atoms with Crippen LogP contribution in [0.5, 0.6) is 0 Å². The van der Waals surface area contributed by atoms with Crippen molar-refractivity contribution < 1.29 is 20.4 Å². The van der Waals surface area contributed by atoms with Crippen LogP contribution in [0.4, 0.5) is 0 Å². The third-order valence-corrected chi connectivity index (χ3v) is 3.22. The van der Waals surface area contributed by atoms with Crippen molar-refractivity contribution in [1.82, 2.24) is 14.8 Å². The fourth-order valence-electron chi connectivity index (χ4n) is 2.30. The zero-order valence-electron chi connectivity index (χ0n) is 13.3. The molecule has 0 fully saturated rings. The zero-order valence-corrected chi connectivity index (χ0v) is 13.3. The van der Waals surface area contributed by atoms with Crippen molar-refractivity contribution in [2.75, 3.05) is 40.4 Å². The van der Waals surface area contributed by atoms with E-state index >= 15 is 0 Å². The van der Waals surface area contributed by atoms with Crippen LogP contribution in [0.3, 0.4) is 0 Å². The molecule has 0 radical (unpaired) electrons. The molecule has 22 heavy (non-hydrogen) atoms. The van der Waals surface area contributed by atoms with Crippen molar-refractivity contribution in [1.29, 1.82) is 0 Å². The molecule has 1 aromatic heterocycles. The number of aromatic nitrogens is 1. The first kappa shape index (κ1) is 19.0. The first-order chi connectivity index (χ1) is 10.4. The number of aliphatic hydroxyl groups is 4. The Bertz CT molecular complexity index is 398. The lowest BCUT2D eigenvalue weighted by molar-refractivity contribution is 0.0643. The highest BCUT2D eigenvalue weighted by Crippen LogP contribution is 2.08. The molecule has 0 spiro atoms. The lowest BCUT2D eigenvalue weighted by Gasteiger charge is -2.21. The molecular formula is C15H27N3O4. The van der Waals surface area contributed by atoms with Crippen LogP contribution in [0.15, 0.2) is 18.5 Å². The minimum absolute atomic E-state index is 0.249. The summed E-state index contributed by atoms with van der Waals surface area (Å²) >= 11 is 0. The van der Waals surface area contributed by atoms with E-state index in [-0.39, 0.29) is 13.2 Å². The molecule has 0 saturated carbocycles. The van der Waals surface area contributed by atoms with Gasteiger partial charge in [-0.25, -0.2) is 0 Å². The summed E-state index contributed by atoms with van der Waals surface area (Å²) in [6.45, 7) is 1.54. The first-order valence-electron chi connectivity index (χ1n) is 7.32. The molecule has 1 heterocycles. The van der Waals surface area contributed by atoms with E-state index < -0.39 is 12.2 Å². The maximum Gasteiger partial charge on any atom is 0.0897 e. The maximum atomic E-state index is 9.43. The number of likely N-dealkylation sites (N-methyl/N-ethyl adjacent to an activating group) is 2. The molecule has 2 unspecified atom stereocenters. The molecule has 1 aromatic rings. The summed E-state index contributed by atoms with van der Waals surface area (Å²) in [5, 5.41) is 36.6. The Morgan fingerprint density at radius 3 is 1.68 bits per heavy atom. The lowest BCUT2D eigenvalue weighted by Crippen LogP contribution is -2.31. The average molecular weight is 313 g/mol. The van der Waals surface area contributed by atoms with Crippen molar-refractivity contribution in [2.24, 2.45) is 0 Å². The highest BCUT2D eigenvalue weighted by molar-refractivity contribution is 5.18. The molecule has 0 aromatic carbocycles. The van der Waals surface area contributed by atoms with Crippen LogP contribution < -0.4 is 0 Å². The van der Waals surface area contributed by atoms with E-state index in [0.717, 1.165) is 11.1 Å². The van der Waals surface area contributed by atoms with Crippen LogP contribution in [0.25, 0.3) is 0 Å².